The summed E-state index contributed by atoms with van der Waals surface area (Å²) < 4.78 is 12.2. The summed E-state index contributed by atoms with van der Waals surface area (Å²) in [5, 5.41) is 0.0321. The highest BCUT2D eigenvalue weighted by molar-refractivity contribution is 6.74. The van der Waals surface area contributed by atoms with Gasteiger partial charge in [0.1, 0.15) is 5.60 Å². The number of carbonyl (C=O) groups excluding carboxylic acids is 3. The quantitative estimate of drug-likeness (QED) is 0.482. The maximum absolute atomic E-state index is 13.0. The van der Waals surface area contributed by atoms with Crippen LogP contribution in [0.1, 0.15) is 68.7 Å². The summed E-state index contributed by atoms with van der Waals surface area (Å²) in [6.07, 6.45) is -0.0527. The van der Waals surface area contributed by atoms with Crippen LogP contribution in [0.2, 0.25) is 18.1 Å². The molecule has 8 heteroatoms. The molecular weight excluding hydrogens is 424 g/mol. The molecule has 2 aliphatic heterocycles. The average molecular weight is 461 g/mol. The maximum atomic E-state index is 13.0. The van der Waals surface area contributed by atoms with Gasteiger partial charge in [-0.25, -0.2) is 4.79 Å². The van der Waals surface area contributed by atoms with Crippen molar-refractivity contribution in [3.8, 4) is 0 Å². The standard InChI is InChI=1S/C24H36N2O5Si/c1-23(2,3)30-22(29)25-15-17(31-32(7,8)24(4,5)6)13-16(25)14-26-20(27)18-11-9-10-12-19(18)21(26)28/h9-12,16-17H,13-15H2,1-8H3/t16-,17-/m0/s1. The number of benzene rings is 1. The lowest BCUT2D eigenvalue weighted by atomic mass is 10.1. The minimum atomic E-state index is -2.06. The van der Waals surface area contributed by atoms with E-state index < -0.39 is 20.0 Å². The summed E-state index contributed by atoms with van der Waals surface area (Å²) in [6.45, 7) is 16.9. The fraction of sp³-hybridized carbons (Fsp3) is 0.625. The molecule has 0 aliphatic carbocycles. The first-order valence-corrected chi connectivity index (χ1v) is 14.1. The fourth-order valence-electron chi connectivity index (χ4n) is 3.89. The molecule has 3 amide bonds. The van der Waals surface area contributed by atoms with Crippen LogP contribution in [-0.2, 0) is 9.16 Å². The molecule has 0 bridgehead atoms. The van der Waals surface area contributed by atoms with Crippen molar-refractivity contribution in [2.45, 2.75) is 83.8 Å². The zero-order valence-electron chi connectivity index (χ0n) is 20.5. The highest BCUT2D eigenvalue weighted by Crippen LogP contribution is 2.39. The Hall–Kier alpha value is -2.19. The molecule has 0 aromatic heterocycles. The summed E-state index contributed by atoms with van der Waals surface area (Å²) in [5.41, 5.74) is 0.178. The topological polar surface area (TPSA) is 76.2 Å². The third-order valence-corrected chi connectivity index (χ3v) is 11.1. The first-order valence-electron chi connectivity index (χ1n) is 11.2. The molecule has 1 aromatic carbocycles. The van der Waals surface area contributed by atoms with Crippen LogP contribution in [0.5, 0.6) is 0 Å². The van der Waals surface area contributed by atoms with Crippen molar-refractivity contribution in [2.24, 2.45) is 0 Å². The van der Waals surface area contributed by atoms with Crippen molar-refractivity contribution >= 4 is 26.2 Å². The van der Waals surface area contributed by atoms with Gasteiger partial charge >= 0.3 is 6.09 Å². The normalized spacial score (nSPS) is 21.9. The van der Waals surface area contributed by atoms with E-state index in [0.29, 0.717) is 24.1 Å². The van der Waals surface area contributed by atoms with Crippen molar-refractivity contribution in [1.29, 1.82) is 0 Å². The third-order valence-electron chi connectivity index (χ3n) is 6.54. The van der Waals surface area contributed by atoms with E-state index in [9.17, 15) is 14.4 Å². The molecule has 3 rings (SSSR count). The molecule has 0 unspecified atom stereocenters. The van der Waals surface area contributed by atoms with Crippen LogP contribution in [0.25, 0.3) is 0 Å². The Kier molecular flexibility index (Phi) is 6.34. The molecule has 0 radical (unpaired) electrons. The van der Waals surface area contributed by atoms with E-state index in [1.807, 2.05) is 20.8 Å². The molecule has 1 saturated heterocycles. The molecule has 0 spiro atoms. The van der Waals surface area contributed by atoms with E-state index in [1.54, 1.807) is 29.2 Å². The molecule has 2 atom stereocenters. The summed E-state index contributed by atoms with van der Waals surface area (Å²) in [7, 11) is -2.06. The fourth-order valence-corrected chi connectivity index (χ4v) is 5.24. The molecule has 32 heavy (non-hydrogen) atoms. The maximum Gasteiger partial charge on any atom is 0.410 e. The Morgan fingerprint density at radius 3 is 2.03 bits per heavy atom. The van der Waals surface area contributed by atoms with Crippen molar-refractivity contribution in [2.75, 3.05) is 13.1 Å². The van der Waals surface area contributed by atoms with Crippen LogP contribution in [0.4, 0.5) is 4.79 Å². The summed E-state index contributed by atoms with van der Waals surface area (Å²) in [4.78, 5) is 41.7. The number of ether oxygens (including phenoxy) is 1. The van der Waals surface area contributed by atoms with Gasteiger partial charge in [0, 0.05) is 6.54 Å². The van der Waals surface area contributed by atoms with Crippen LogP contribution in [0, 0.1) is 0 Å². The highest BCUT2D eigenvalue weighted by Gasteiger charge is 2.46. The zero-order valence-corrected chi connectivity index (χ0v) is 21.5. The molecule has 2 aliphatic rings. The molecule has 0 N–H and O–H groups in total. The van der Waals surface area contributed by atoms with Gasteiger partial charge in [-0.05, 0) is 57.5 Å². The first-order chi connectivity index (χ1) is 14.6. The van der Waals surface area contributed by atoms with Gasteiger partial charge in [-0.1, -0.05) is 32.9 Å². The van der Waals surface area contributed by atoms with E-state index >= 15 is 0 Å². The Labute approximate surface area is 192 Å². The monoisotopic (exact) mass is 460 g/mol. The van der Waals surface area contributed by atoms with Crippen LogP contribution in [0.3, 0.4) is 0 Å². The lowest BCUT2D eigenvalue weighted by molar-refractivity contribution is 0.0179. The number of nitrogens with zero attached hydrogens (tertiary/aromatic N) is 2. The summed E-state index contributed by atoms with van der Waals surface area (Å²) in [5.74, 6) is -0.632. The third kappa shape index (κ3) is 4.91. The second-order valence-corrected chi connectivity index (χ2v) is 16.0. The lowest BCUT2D eigenvalue weighted by Crippen LogP contribution is -2.47. The predicted molar refractivity (Wildman–Crippen MR) is 125 cm³/mol. The number of hydrogen-bond donors (Lipinski definition) is 0. The summed E-state index contributed by atoms with van der Waals surface area (Å²) in [6, 6.07) is 6.47. The van der Waals surface area contributed by atoms with Crippen LogP contribution in [-0.4, -0.2) is 66.9 Å². The van der Waals surface area contributed by atoms with Crippen molar-refractivity contribution < 1.29 is 23.5 Å². The van der Waals surface area contributed by atoms with Gasteiger partial charge in [0.15, 0.2) is 8.32 Å². The number of carbonyl (C=O) groups is 3. The van der Waals surface area contributed by atoms with E-state index in [2.05, 4.69) is 33.9 Å². The number of amides is 3. The molecule has 7 nitrogen and oxygen atoms in total. The lowest BCUT2D eigenvalue weighted by Gasteiger charge is -2.38. The number of imide groups is 1. The average Bonchev–Trinajstić information content (AvgIpc) is 3.14. The second-order valence-electron chi connectivity index (χ2n) is 11.3. The molecule has 176 valence electrons. The largest absolute Gasteiger partial charge is 0.444 e. The molecule has 2 heterocycles. The van der Waals surface area contributed by atoms with E-state index in [0.717, 1.165) is 0 Å². The van der Waals surface area contributed by atoms with Gasteiger partial charge in [-0.2, -0.15) is 0 Å². The zero-order chi connectivity index (χ0) is 24.1. The van der Waals surface area contributed by atoms with E-state index in [-0.39, 0.29) is 35.5 Å². The summed E-state index contributed by atoms with van der Waals surface area (Å²) >= 11 is 0. The van der Waals surface area contributed by atoms with E-state index in [1.165, 1.54) is 4.90 Å². The highest BCUT2D eigenvalue weighted by atomic mass is 28.4. The molecule has 0 saturated carbocycles. The number of rotatable bonds is 4. The van der Waals surface area contributed by atoms with Gasteiger partial charge < -0.3 is 14.1 Å². The van der Waals surface area contributed by atoms with Gasteiger partial charge in [0.25, 0.3) is 11.8 Å². The van der Waals surface area contributed by atoms with Crippen molar-refractivity contribution in [3.05, 3.63) is 35.4 Å². The Balaban J connectivity index is 1.82. The van der Waals surface area contributed by atoms with Gasteiger partial charge in [0.2, 0.25) is 0 Å². The van der Waals surface area contributed by atoms with Gasteiger partial charge in [-0.15, -0.1) is 0 Å². The Bertz CT molecular complexity index is 881. The first kappa shape index (κ1) is 24.4. The van der Waals surface area contributed by atoms with Crippen LogP contribution in [0.15, 0.2) is 24.3 Å². The van der Waals surface area contributed by atoms with Gasteiger partial charge in [0.05, 0.1) is 29.8 Å². The van der Waals surface area contributed by atoms with Gasteiger partial charge in [-0.3, -0.25) is 14.5 Å². The van der Waals surface area contributed by atoms with Crippen molar-refractivity contribution in [3.63, 3.8) is 0 Å². The van der Waals surface area contributed by atoms with E-state index in [4.69, 9.17) is 9.16 Å². The Morgan fingerprint density at radius 2 is 1.56 bits per heavy atom. The Morgan fingerprint density at radius 1 is 1.03 bits per heavy atom. The number of hydrogen-bond acceptors (Lipinski definition) is 5. The minimum absolute atomic E-state index is 0.0321. The van der Waals surface area contributed by atoms with Crippen LogP contribution >= 0.6 is 0 Å². The molecule has 1 aromatic rings. The SMILES string of the molecule is CC(C)(C)OC(=O)N1C[C@@H](O[Si](C)(C)C(C)(C)C)C[C@H]1CN1C(=O)c2ccccc2C1=O. The second kappa shape index (κ2) is 8.30. The van der Waals surface area contributed by atoms with Crippen LogP contribution < -0.4 is 0 Å². The predicted octanol–water partition coefficient (Wildman–Crippen LogP) is 4.68. The molecule has 1 fully saturated rings. The molecular formula is C24H36N2O5Si. The minimum Gasteiger partial charge on any atom is -0.444 e. The number of fused-ring (bicyclic) bond motifs is 1. The number of likely N-dealkylation sites (tertiary alicyclic amines) is 1. The van der Waals surface area contributed by atoms with Crippen molar-refractivity contribution in [1.82, 2.24) is 9.80 Å². The smallest absolute Gasteiger partial charge is 0.410 e.